The van der Waals surface area contributed by atoms with E-state index in [1.54, 1.807) is 31.2 Å². The van der Waals surface area contributed by atoms with Crippen molar-refractivity contribution >= 4 is 17.6 Å². The number of para-hydroxylation sites is 1. The number of rotatable bonds is 7. The normalized spacial score (nSPS) is 11.7. The van der Waals surface area contributed by atoms with Crippen LogP contribution in [0.3, 0.4) is 0 Å². The summed E-state index contributed by atoms with van der Waals surface area (Å²) in [6.07, 6.45) is -0.929. The summed E-state index contributed by atoms with van der Waals surface area (Å²) in [5.74, 6) is -0.113. The van der Waals surface area contributed by atoms with E-state index in [0.717, 1.165) is 0 Å². The Bertz CT molecular complexity index is 753. The van der Waals surface area contributed by atoms with E-state index in [1.807, 2.05) is 31.2 Å². The predicted octanol–water partition coefficient (Wildman–Crippen LogP) is 4.39. The molecule has 1 atom stereocenters. The third-order valence-corrected chi connectivity index (χ3v) is 3.90. The summed E-state index contributed by atoms with van der Waals surface area (Å²) >= 11 is 0. The zero-order valence-electron chi connectivity index (χ0n) is 15.6. The molecule has 0 radical (unpaired) electrons. The van der Waals surface area contributed by atoms with Crippen LogP contribution in [0.5, 0.6) is 5.75 Å². The van der Waals surface area contributed by atoms with Gasteiger partial charge in [-0.2, -0.15) is 0 Å². The van der Waals surface area contributed by atoms with Crippen LogP contribution in [0.2, 0.25) is 0 Å². The average molecular weight is 355 g/mol. The Morgan fingerprint density at radius 1 is 1.00 bits per heavy atom. The van der Waals surface area contributed by atoms with Crippen molar-refractivity contribution in [2.24, 2.45) is 0 Å². The van der Waals surface area contributed by atoms with Gasteiger partial charge in [0.2, 0.25) is 0 Å². The molecule has 2 rings (SSSR count). The molecular weight excluding hydrogens is 330 g/mol. The number of esters is 1. The highest BCUT2D eigenvalue weighted by atomic mass is 16.5. The van der Waals surface area contributed by atoms with Gasteiger partial charge in [-0.05, 0) is 49.6 Å². The van der Waals surface area contributed by atoms with Crippen molar-refractivity contribution in [1.29, 1.82) is 0 Å². The molecule has 0 aliphatic carbocycles. The third-order valence-electron chi connectivity index (χ3n) is 3.90. The molecule has 0 aliphatic rings. The maximum absolute atomic E-state index is 12.3. The first-order valence-corrected chi connectivity index (χ1v) is 8.76. The zero-order chi connectivity index (χ0) is 19.1. The van der Waals surface area contributed by atoms with E-state index in [1.165, 1.54) is 5.56 Å². The van der Waals surface area contributed by atoms with Crippen LogP contribution in [-0.2, 0) is 9.53 Å². The third kappa shape index (κ3) is 5.09. The summed E-state index contributed by atoms with van der Waals surface area (Å²) in [6.45, 7) is 8.03. The van der Waals surface area contributed by atoms with Crippen LogP contribution < -0.4 is 10.1 Å². The maximum Gasteiger partial charge on any atom is 0.342 e. The molecular formula is C21H25NO4. The molecule has 26 heavy (non-hydrogen) atoms. The molecule has 0 bridgehead atoms. The molecule has 5 nitrogen and oxygen atoms in total. The van der Waals surface area contributed by atoms with Gasteiger partial charge >= 0.3 is 5.97 Å². The number of hydrogen-bond donors (Lipinski definition) is 1. The van der Waals surface area contributed by atoms with Crippen LogP contribution >= 0.6 is 0 Å². The van der Waals surface area contributed by atoms with E-state index in [2.05, 4.69) is 19.2 Å². The van der Waals surface area contributed by atoms with Gasteiger partial charge in [0.1, 0.15) is 11.3 Å². The Hall–Kier alpha value is -2.82. The Labute approximate surface area is 154 Å². The topological polar surface area (TPSA) is 64.6 Å². The van der Waals surface area contributed by atoms with Gasteiger partial charge in [-0.1, -0.05) is 38.1 Å². The van der Waals surface area contributed by atoms with Gasteiger partial charge in [0.05, 0.1) is 6.61 Å². The molecule has 2 aromatic carbocycles. The highest BCUT2D eigenvalue weighted by Gasteiger charge is 2.21. The zero-order valence-corrected chi connectivity index (χ0v) is 15.6. The lowest BCUT2D eigenvalue weighted by Gasteiger charge is -2.15. The highest BCUT2D eigenvalue weighted by Crippen LogP contribution is 2.20. The van der Waals surface area contributed by atoms with E-state index < -0.39 is 12.1 Å². The van der Waals surface area contributed by atoms with E-state index >= 15 is 0 Å². The molecule has 1 amide bonds. The molecule has 1 N–H and O–H groups in total. The first-order chi connectivity index (χ1) is 12.4. The largest absolute Gasteiger partial charge is 0.493 e. The number of nitrogens with one attached hydrogen (secondary N) is 1. The quantitative estimate of drug-likeness (QED) is 0.748. The number of anilines is 1. The van der Waals surface area contributed by atoms with Crippen molar-refractivity contribution in [2.45, 2.75) is 39.7 Å². The first-order valence-electron chi connectivity index (χ1n) is 8.76. The van der Waals surface area contributed by atoms with Crippen LogP contribution in [0.15, 0.2) is 48.5 Å². The standard InChI is InChI=1S/C21H25NO4/c1-5-25-19-9-7-6-8-18(19)21(24)26-15(4)20(23)22-17-12-10-16(11-13-17)14(2)3/h6-15H,5H2,1-4H3,(H,22,23)/t15-/m0/s1. The van der Waals surface area contributed by atoms with E-state index in [9.17, 15) is 9.59 Å². The van der Waals surface area contributed by atoms with Crippen LogP contribution in [-0.4, -0.2) is 24.6 Å². The van der Waals surface area contributed by atoms with E-state index in [0.29, 0.717) is 29.5 Å². The Morgan fingerprint density at radius 2 is 1.65 bits per heavy atom. The first kappa shape index (κ1) is 19.5. The molecule has 0 spiro atoms. The predicted molar refractivity (Wildman–Crippen MR) is 102 cm³/mol. The summed E-state index contributed by atoms with van der Waals surface area (Å²) in [4.78, 5) is 24.6. The molecule has 0 heterocycles. The molecule has 0 saturated carbocycles. The van der Waals surface area contributed by atoms with Gasteiger partial charge in [0.15, 0.2) is 6.10 Å². The molecule has 0 aliphatic heterocycles. The minimum absolute atomic E-state index is 0.301. The van der Waals surface area contributed by atoms with Crippen LogP contribution in [0, 0.1) is 0 Å². The molecule has 0 unspecified atom stereocenters. The second-order valence-electron chi connectivity index (χ2n) is 6.24. The fraction of sp³-hybridized carbons (Fsp3) is 0.333. The lowest BCUT2D eigenvalue weighted by molar-refractivity contribution is -0.123. The lowest BCUT2D eigenvalue weighted by Crippen LogP contribution is -2.30. The smallest absolute Gasteiger partial charge is 0.342 e. The Kier molecular flexibility index (Phi) is 6.78. The maximum atomic E-state index is 12.3. The van der Waals surface area contributed by atoms with Crippen molar-refractivity contribution in [3.05, 3.63) is 59.7 Å². The van der Waals surface area contributed by atoms with Gasteiger partial charge in [-0.3, -0.25) is 4.79 Å². The summed E-state index contributed by atoms with van der Waals surface area (Å²) in [5.41, 5.74) is 2.15. The second-order valence-corrected chi connectivity index (χ2v) is 6.24. The monoisotopic (exact) mass is 355 g/mol. The number of amides is 1. The van der Waals surface area contributed by atoms with Crippen molar-refractivity contribution in [3.8, 4) is 5.75 Å². The average Bonchev–Trinajstić information content (AvgIpc) is 2.62. The summed E-state index contributed by atoms with van der Waals surface area (Å²) in [5, 5.41) is 2.76. The number of hydrogen-bond acceptors (Lipinski definition) is 4. The summed E-state index contributed by atoms with van der Waals surface area (Å²) in [6, 6.07) is 14.4. The van der Waals surface area contributed by atoms with Crippen molar-refractivity contribution in [1.82, 2.24) is 0 Å². The van der Waals surface area contributed by atoms with Gasteiger partial charge in [-0.25, -0.2) is 4.79 Å². The SMILES string of the molecule is CCOc1ccccc1C(=O)O[C@@H](C)C(=O)Nc1ccc(C(C)C)cc1. The summed E-state index contributed by atoms with van der Waals surface area (Å²) < 4.78 is 10.7. The van der Waals surface area contributed by atoms with Gasteiger partial charge < -0.3 is 14.8 Å². The van der Waals surface area contributed by atoms with Crippen LogP contribution in [0.4, 0.5) is 5.69 Å². The minimum atomic E-state index is -0.929. The molecule has 138 valence electrons. The molecule has 2 aromatic rings. The van der Waals surface area contributed by atoms with E-state index in [-0.39, 0.29) is 5.91 Å². The van der Waals surface area contributed by atoms with Gasteiger partial charge in [-0.15, -0.1) is 0 Å². The summed E-state index contributed by atoms with van der Waals surface area (Å²) in [7, 11) is 0. The molecule has 5 heteroatoms. The molecule has 0 aromatic heterocycles. The van der Waals surface area contributed by atoms with Crippen molar-refractivity contribution in [3.63, 3.8) is 0 Å². The fourth-order valence-electron chi connectivity index (χ4n) is 2.39. The van der Waals surface area contributed by atoms with Crippen molar-refractivity contribution < 1.29 is 19.1 Å². The second kappa shape index (κ2) is 9.04. The highest BCUT2D eigenvalue weighted by molar-refractivity contribution is 5.98. The lowest BCUT2D eigenvalue weighted by atomic mass is 10.0. The van der Waals surface area contributed by atoms with Crippen LogP contribution in [0.1, 0.15) is 49.5 Å². The Morgan fingerprint density at radius 3 is 2.27 bits per heavy atom. The number of benzene rings is 2. The van der Waals surface area contributed by atoms with Crippen LogP contribution in [0.25, 0.3) is 0 Å². The van der Waals surface area contributed by atoms with Crippen molar-refractivity contribution in [2.75, 3.05) is 11.9 Å². The minimum Gasteiger partial charge on any atom is -0.493 e. The number of carbonyl (C=O) groups is 2. The van der Waals surface area contributed by atoms with Gasteiger partial charge in [0, 0.05) is 5.69 Å². The molecule has 0 fully saturated rings. The Balaban J connectivity index is 1.99. The number of ether oxygens (including phenoxy) is 2. The fourth-order valence-corrected chi connectivity index (χ4v) is 2.39. The van der Waals surface area contributed by atoms with E-state index in [4.69, 9.17) is 9.47 Å². The van der Waals surface area contributed by atoms with Gasteiger partial charge in [0.25, 0.3) is 5.91 Å². The number of carbonyl (C=O) groups excluding carboxylic acids is 2. The molecule has 0 saturated heterocycles.